The van der Waals surface area contributed by atoms with Gasteiger partial charge >= 0.3 is 0 Å². The van der Waals surface area contributed by atoms with Gasteiger partial charge in [-0.25, -0.2) is 4.98 Å². The summed E-state index contributed by atoms with van der Waals surface area (Å²) < 4.78 is 6.07. The molecule has 1 aromatic rings. The molecular formula is C17H24N2O. The van der Waals surface area contributed by atoms with Crippen molar-refractivity contribution in [2.45, 2.75) is 45.1 Å². The van der Waals surface area contributed by atoms with E-state index in [1.165, 1.54) is 38.5 Å². The second kappa shape index (κ2) is 4.73. The van der Waals surface area contributed by atoms with E-state index in [1.54, 1.807) is 6.20 Å². The van der Waals surface area contributed by atoms with Crippen LogP contribution < -0.4 is 10.5 Å². The molecule has 4 aliphatic carbocycles. The minimum absolute atomic E-state index is 0.454. The number of rotatable bonds is 4. The first-order chi connectivity index (χ1) is 9.75. The number of nitrogens with two attached hydrogens (primary N) is 1. The van der Waals surface area contributed by atoms with E-state index in [-0.39, 0.29) is 0 Å². The van der Waals surface area contributed by atoms with E-state index >= 15 is 0 Å². The van der Waals surface area contributed by atoms with Crippen molar-refractivity contribution in [3.8, 4) is 5.88 Å². The molecule has 0 saturated heterocycles. The molecule has 0 amide bonds. The van der Waals surface area contributed by atoms with Crippen LogP contribution in [0, 0.1) is 23.2 Å². The fourth-order valence-corrected chi connectivity index (χ4v) is 5.35. The van der Waals surface area contributed by atoms with Crippen molar-refractivity contribution in [3.63, 3.8) is 0 Å². The summed E-state index contributed by atoms with van der Waals surface area (Å²) in [6.07, 6.45) is 10.4. The number of hydrogen-bond acceptors (Lipinski definition) is 3. The summed E-state index contributed by atoms with van der Waals surface area (Å²) in [4.78, 5) is 4.33. The van der Waals surface area contributed by atoms with E-state index in [1.807, 2.05) is 12.1 Å². The van der Waals surface area contributed by atoms with E-state index in [2.05, 4.69) is 4.98 Å². The van der Waals surface area contributed by atoms with Crippen LogP contribution in [0.5, 0.6) is 5.88 Å². The normalized spacial score (nSPS) is 38.1. The molecular weight excluding hydrogens is 248 g/mol. The lowest BCUT2D eigenvalue weighted by atomic mass is 9.50. The molecule has 0 atom stereocenters. The fourth-order valence-electron chi connectivity index (χ4n) is 5.35. The van der Waals surface area contributed by atoms with Gasteiger partial charge in [0.05, 0.1) is 6.61 Å². The first-order valence-electron chi connectivity index (χ1n) is 8.02. The van der Waals surface area contributed by atoms with E-state index < -0.39 is 0 Å². The quantitative estimate of drug-likeness (QED) is 0.916. The molecule has 2 N–H and O–H groups in total. The summed E-state index contributed by atoms with van der Waals surface area (Å²) in [5.74, 6) is 3.69. The molecule has 4 fully saturated rings. The molecule has 5 rings (SSSR count). The standard InChI is InChI=1S/C17H24N2O/c18-10-12-1-2-19-16(6-12)20-11-17-7-13-3-14(8-17)5-15(4-13)9-17/h1-2,6,13-15H,3-5,7-11,18H2. The van der Waals surface area contributed by atoms with Gasteiger partial charge in [0.2, 0.25) is 5.88 Å². The van der Waals surface area contributed by atoms with Crippen molar-refractivity contribution in [2.75, 3.05) is 6.61 Å². The smallest absolute Gasteiger partial charge is 0.213 e. The maximum absolute atomic E-state index is 6.07. The molecule has 3 nitrogen and oxygen atoms in total. The van der Waals surface area contributed by atoms with Gasteiger partial charge in [0, 0.05) is 24.2 Å². The third-order valence-corrected chi connectivity index (χ3v) is 5.73. The van der Waals surface area contributed by atoms with Crippen LogP contribution >= 0.6 is 0 Å². The van der Waals surface area contributed by atoms with Crippen LogP contribution in [0.4, 0.5) is 0 Å². The molecule has 4 bridgehead atoms. The van der Waals surface area contributed by atoms with Gasteiger partial charge in [-0.1, -0.05) is 0 Å². The molecule has 3 heteroatoms. The van der Waals surface area contributed by atoms with Crippen molar-refractivity contribution in [1.29, 1.82) is 0 Å². The number of hydrogen-bond donors (Lipinski definition) is 1. The minimum Gasteiger partial charge on any atom is -0.477 e. The van der Waals surface area contributed by atoms with Gasteiger partial charge in [0.1, 0.15) is 0 Å². The molecule has 4 aliphatic rings. The molecule has 1 heterocycles. The van der Waals surface area contributed by atoms with Crippen LogP contribution in [0.3, 0.4) is 0 Å². The predicted molar refractivity (Wildman–Crippen MR) is 78.2 cm³/mol. The lowest BCUT2D eigenvalue weighted by Crippen LogP contribution is -2.48. The van der Waals surface area contributed by atoms with Crippen molar-refractivity contribution in [3.05, 3.63) is 23.9 Å². The molecule has 20 heavy (non-hydrogen) atoms. The Morgan fingerprint density at radius 1 is 1.15 bits per heavy atom. The van der Waals surface area contributed by atoms with Crippen LogP contribution in [-0.2, 0) is 6.54 Å². The highest BCUT2D eigenvalue weighted by molar-refractivity contribution is 5.20. The second-order valence-corrected chi connectivity index (χ2v) is 7.41. The van der Waals surface area contributed by atoms with E-state index in [4.69, 9.17) is 10.5 Å². The first kappa shape index (κ1) is 12.6. The molecule has 0 radical (unpaired) electrons. The summed E-state index contributed by atoms with van der Waals surface area (Å²) >= 11 is 0. The highest BCUT2D eigenvalue weighted by Gasteiger charge is 2.51. The number of aromatic nitrogens is 1. The van der Waals surface area contributed by atoms with Gasteiger partial charge in [-0.15, -0.1) is 0 Å². The Kier molecular flexibility index (Phi) is 2.99. The Morgan fingerprint density at radius 3 is 2.40 bits per heavy atom. The van der Waals surface area contributed by atoms with Crippen molar-refractivity contribution in [1.82, 2.24) is 4.98 Å². The average Bonchev–Trinajstić information content (AvgIpc) is 2.44. The van der Waals surface area contributed by atoms with Crippen LogP contribution in [-0.4, -0.2) is 11.6 Å². The molecule has 108 valence electrons. The van der Waals surface area contributed by atoms with E-state index in [0.717, 1.165) is 35.8 Å². The zero-order valence-electron chi connectivity index (χ0n) is 12.1. The first-order valence-corrected chi connectivity index (χ1v) is 8.02. The highest BCUT2D eigenvalue weighted by atomic mass is 16.5. The van der Waals surface area contributed by atoms with Crippen LogP contribution in [0.15, 0.2) is 18.3 Å². The third kappa shape index (κ3) is 2.22. The predicted octanol–water partition coefficient (Wildman–Crippen LogP) is 3.14. The number of nitrogens with zero attached hydrogens (tertiary/aromatic N) is 1. The zero-order chi connectivity index (χ0) is 13.6. The van der Waals surface area contributed by atoms with Gasteiger partial charge in [-0.05, 0) is 67.9 Å². The van der Waals surface area contributed by atoms with E-state index in [0.29, 0.717) is 12.0 Å². The summed E-state index contributed by atoms with van der Waals surface area (Å²) in [6.45, 7) is 1.41. The molecule has 0 spiro atoms. The second-order valence-electron chi connectivity index (χ2n) is 7.41. The molecule has 4 saturated carbocycles. The van der Waals surface area contributed by atoms with Gasteiger partial charge in [0.25, 0.3) is 0 Å². The molecule has 1 aromatic heterocycles. The Balaban J connectivity index is 1.46. The van der Waals surface area contributed by atoms with E-state index in [9.17, 15) is 0 Å². The number of pyridine rings is 1. The Morgan fingerprint density at radius 2 is 1.80 bits per heavy atom. The van der Waals surface area contributed by atoms with Gasteiger partial charge < -0.3 is 10.5 Å². The Bertz CT molecular complexity index is 464. The zero-order valence-corrected chi connectivity index (χ0v) is 12.1. The van der Waals surface area contributed by atoms with Crippen LogP contribution in [0.1, 0.15) is 44.1 Å². The average molecular weight is 272 g/mol. The van der Waals surface area contributed by atoms with Gasteiger partial charge in [0.15, 0.2) is 0 Å². The molecule has 0 aliphatic heterocycles. The maximum Gasteiger partial charge on any atom is 0.213 e. The summed E-state index contributed by atoms with van der Waals surface area (Å²) in [6, 6.07) is 3.94. The summed E-state index contributed by atoms with van der Waals surface area (Å²) in [5, 5.41) is 0. The SMILES string of the molecule is NCc1ccnc(OCC23CC4CC(CC(C4)C2)C3)c1. The largest absolute Gasteiger partial charge is 0.477 e. The topological polar surface area (TPSA) is 48.1 Å². The Labute approximate surface area is 120 Å². The third-order valence-electron chi connectivity index (χ3n) is 5.73. The molecule has 0 unspecified atom stereocenters. The summed E-state index contributed by atoms with van der Waals surface area (Å²) in [7, 11) is 0. The van der Waals surface area contributed by atoms with Crippen molar-refractivity contribution < 1.29 is 4.74 Å². The fraction of sp³-hybridized carbons (Fsp3) is 0.706. The maximum atomic E-state index is 6.07. The van der Waals surface area contributed by atoms with Crippen LogP contribution in [0.25, 0.3) is 0 Å². The Hall–Kier alpha value is -1.09. The lowest BCUT2D eigenvalue weighted by molar-refractivity contribution is -0.0751. The van der Waals surface area contributed by atoms with Crippen molar-refractivity contribution in [2.24, 2.45) is 28.9 Å². The number of ether oxygens (including phenoxy) is 1. The minimum atomic E-state index is 0.454. The lowest BCUT2D eigenvalue weighted by Gasteiger charge is -2.56. The monoisotopic (exact) mass is 272 g/mol. The van der Waals surface area contributed by atoms with Gasteiger partial charge in [-0.2, -0.15) is 0 Å². The van der Waals surface area contributed by atoms with Crippen molar-refractivity contribution >= 4 is 0 Å². The van der Waals surface area contributed by atoms with Gasteiger partial charge in [-0.3, -0.25) is 0 Å². The van der Waals surface area contributed by atoms with Crippen LogP contribution in [0.2, 0.25) is 0 Å². The highest BCUT2D eigenvalue weighted by Crippen LogP contribution is 2.59. The molecule has 0 aromatic carbocycles. The summed E-state index contributed by atoms with van der Waals surface area (Å²) in [5.41, 5.74) is 7.23.